The van der Waals surface area contributed by atoms with Crippen LogP contribution in [0, 0.1) is 33.5 Å². The van der Waals surface area contributed by atoms with Crippen molar-refractivity contribution in [1.82, 2.24) is 0 Å². The van der Waals surface area contributed by atoms with Crippen LogP contribution in [-0.2, 0) is 9.53 Å². The van der Waals surface area contributed by atoms with Crippen LogP contribution in [0.25, 0.3) is 0 Å². The molecule has 4 saturated carbocycles. The second-order valence-electron chi connectivity index (χ2n) is 11.0. The highest BCUT2D eigenvalue weighted by molar-refractivity contribution is 5.66. The molecule has 4 aliphatic rings. The Labute approximate surface area is 152 Å². The maximum absolute atomic E-state index is 11.9. The van der Waals surface area contributed by atoms with Crippen LogP contribution in [-0.4, -0.2) is 23.3 Å². The van der Waals surface area contributed by atoms with Gasteiger partial charge in [-0.25, -0.2) is 0 Å². The summed E-state index contributed by atoms with van der Waals surface area (Å²) in [7, 11) is 0. The van der Waals surface area contributed by atoms with Gasteiger partial charge in [0.2, 0.25) is 0 Å². The van der Waals surface area contributed by atoms with Crippen molar-refractivity contribution in [1.29, 1.82) is 0 Å². The molecule has 25 heavy (non-hydrogen) atoms. The minimum atomic E-state index is -0.247. The zero-order chi connectivity index (χ0) is 18.3. The van der Waals surface area contributed by atoms with Crippen LogP contribution in [0.4, 0.5) is 0 Å². The zero-order valence-electron chi connectivity index (χ0n) is 16.7. The average Bonchev–Trinajstić information content (AvgIpc) is 2.81. The third-order valence-electron chi connectivity index (χ3n) is 9.45. The summed E-state index contributed by atoms with van der Waals surface area (Å²) in [5.74, 6) is 0.780. The number of fused-ring (bicyclic) bond motifs is 2. The van der Waals surface area contributed by atoms with Gasteiger partial charge in [-0.05, 0) is 72.5 Å². The second-order valence-corrected chi connectivity index (χ2v) is 11.0. The van der Waals surface area contributed by atoms with Crippen molar-refractivity contribution in [2.75, 3.05) is 0 Å². The molecule has 142 valence electrons. The summed E-state index contributed by atoms with van der Waals surface area (Å²) >= 11 is 0. The summed E-state index contributed by atoms with van der Waals surface area (Å²) in [6, 6.07) is 0. The predicted octanol–water partition coefficient (Wildman–Crippen LogP) is 4.71. The number of hydrogen-bond acceptors (Lipinski definition) is 3. The molecule has 0 heterocycles. The van der Waals surface area contributed by atoms with E-state index >= 15 is 0 Å². The molecule has 4 rings (SSSR count). The van der Waals surface area contributed by atoms with E-state index in [4.69, 9.17) is 4.74 Å². The summed E-state index contributed by atoms with van der Waals surface area (Å²) < 4.78 is 5.92. The second kappa shape index (κ2) is 5.24. The van der Waals surface area contributed by atoms with Gasteiger partial charge in [0.25, 0.3) is 0 Å². The average molecular weight is 349 g/mol. The Kier molecular flexibility index (Phi) is 3.74. The van der Waals surface area contributed by atoms with Crippen molar-refractivity contribution >= 4 is 5.97 Å². The Hall–Kier alpha value is -0.570. The SMILES string of the molecule is CC(=O)O[C@H]1C[C@H]2C(C)(C)CCC[C@]2(C)[C@@]23CC[C@@](C)(C2)[C@H](O)C[C@H]13. The van der Waals surface area contributed by atoms with Crippen molar-refractivity contribution < 1.29 is 14.6 Å². The van der Waals surface area contributed by atoms with E-state index in [1.807, 2.05) is 0 Å². The molecule has 3 nitrogen and oxygen atoms in total. The van der Waals surface area contributed by atoms with Crippen LogP contribution >= 0.6 is 0 Å². The summed E-state index contributed by atoms with van der Waals surface area (Å²) in [6.45, 7) is 11.3. The van der Waals surface area contributed by atoms with Gasteiger partial charge in [-0.1, -0.05) is 34.1 Å². The molecule has 0 unspecified atom stereocenters. The van der Waals surface area contributed by atoms with E-state index in [0.29, 0.717) is 22.7 Å². The van der Waals surface area contributed by atoms with Gasteiger partial charge in [0.1, 0.15) is 6.10 Å². The molecule has 4 fully saturated rings. The molecule has 0 amide bonds. The van der Waals surface area contributed by atoms with Gasteiger partial charge >= 0.3 is 5.97 Å². The number of carbonyl (C=O) groups excluding carboxylic acids is 1. The van der Waals surface area contributed by atoms with Gasteiger partial charge in [-0.2, -0.15) is 0 Å². The quantitative estimate of drug-likeness (QED) is 0.698. The molecule has 7 atom stereocenters. The summed E-state index contributed by atoms with van der Waals surface area (Å²) in [5.41, 5.74) is 0.916. The smallest absolute Gasteiger partial charge is 0.302 e. The molecule has 1 N–H and O–H groups in total. The van der Waals surface area contributed by atoms with Gasteiger partial charge in [0.15, 0.2) is 0 Å². The number of aliphatic hydroxyl groups is 1. The highest BCUT2D eigenvalue weighted by Gasteiger charge is 2.71. The molecule has 0 aromatic heterocycles. The largest absolute Gasteiger partial charge is 0.462 e. The standard InChI is InChI=1S/C22H36O3/c1-14(23)25-16-12-17-19(2,3)7-6-8-21(17,5)22-10-9-20(4,13-22)18(24)11-15(16)22/h15-18,24H,6-13H2,1-5H3/t15-,16+,17+,18-,20+,21+,22+/m1/s1. The van der Waals surface area contributed by atoms with E-state index in [2.05, 4.69) is 27.7 Å². The normalized spacial score (nSPS) is 53.7. The first-order valence-corrected chi connectivity index (χ1v) is 10.4. The number of ether oxygens (including phenoxy) is 1. The number of esters is 1. The number of carbonyl (C=O) groups is 1. The first-order valence-electron chi connectivity index (χ1n) is 10.4. The monoisotopic (exact) mass is 348 g/mol. The molecule has 2 bridgehead atoms. The van der Waals surface area contributed by atoms with E-state index in [-0.39, 0.29) is 29.0 Å². The lowest BCUT2D eigenvalue weighted by Gasteiger charge is -2.68. The minimum Gasteiger partial charge on any atom is -0.462 e. The summed E-state index contributed by atoms with van der Waals surface area (Å²) in [5, 5.41) is 10.9. The van der Waals surface area contributed by atoms with Gasteiger partial charge in [-0.3, -0.25) is 4.79 Å². The third-order valence-corrected chi connectivity index (χ3v) is 9.45. The fraction of sp³-hybridized carbons (Fsp3) is 0.955. The lowest BCUT2D eigenvalue weighted by molar-refractivity contribution is -0.231. The van der Waals surface area contributed by atoms with Gasteiger partial charge in [0, 0.05) is 12.8 Å². The van der Waals surface area contributed by atoms with Gasteiger partial charge in [-0.15, -0.1) is 0 Å². The molecule has 0 aromatic carbocycles. The van der Waals surface area contributed by atoms with Crippen LogP contribution < -0.4 is 0 Å². The Bertz CT molecular complexity index is 584. The van der Waals surface area contributed by atoms with Crippen molar-refractivity contribution in [3.63, 3.8) is 0 Å². The van der Waals surface area contributed by atoms with Crippen molar-refractivity contribution in [2.45, 2.75) is 98.2 Å². The lowest BCUT2D eigenvalue weighted by atomic mass is 9.37. The molecular formula is C22H36O3. The van der Waals surface area contributed by atoms with Crippen LogP contribution in [0.5, 0.6) is 0 Å². The van der Waals surface area contributed by atoms with E-state index in [9.17, 15) is 9.90 Å². The molecule has 0 aromatic rings. The van der Waals surface area contributed by atoms with Gasteiger partial charge in [0.05, 0.1) is 6.10 Å². The predicted molar refractivity (Wildman–Crippen MR) is 97.9 cm³/mol. The summed E-state index contributed by atoms with van der Waals surface area (Å²) in [6.07, 6.45) is 8.88. The Morgan fingerprint density at radius 1 is 1.04 bits per heavy atom. The molecule has 4 aliphatic carbocycles. The number of aliphatic hydroxyl groups excluding tert-OH is 1. The Balaban J connectivity index is 1.82. The minimum absolute atomic E-state index is 0.00903. The van der Waals surface area contributed by atoms with Crippen LogP contribution in [0.3, 0.4) is 0 Å². The van der Waals surface area contributed by atoms with E-state index < -0.39 is 0 Å². The summed E-state index contributed by atoms with van der Waals surface area (Å²) in [4.78, 5) is 11.9. The molecule has 0 saturated heterocycles. The van der Waals surface area contributed by atoms with Crippen molar-refractivity contribution in [2.24, 2.45) is 33.5 Å². The van der Waals surface area contributed by atoms with Crippen LogP contribution in [0.15, 0.2) is 0 Å². The highest BCUT2D eigenvalue weighted by Crippen LogP contribution is 2.76. The fourth-order valence-corrected chi connectivity index (χ4v) is 8.21. The topological polar surface area (TPSA) is 46.5 Å². The van der Waals surface area contributed by atoms with Crippen molar-refractivity contribution in [3.8, 4) is 0 Å². The van der Waals surface area contributed by atoms with Crippen LogP contribution in [0.1, 0.15) is 86.0 Å². The Morgan fingerprint density at radius 2 is 1.76 bits per heavy atom. The first-order chi connectivity index (χ1) is 11.5. The lowest BCUT2D eigenvalue weighted by Crippen LogP contribution is -2.64. The van der Waals surface area contributed by atoms with E-state index in [1.54, 1.807) is 6.92 Å². The number of hydrogen-bond donors (Lipinski definition) is 1. The fourth-order valence-electron chi connectivity index (χ4n) is 8.21. The maximum Gasteiger partial charge on any atom is 0.302 e. The third kappa shape index (κ3) is 2.23. The van der Waals surface area contributed by atoms with Crippen molar-refractivity contribution in [3.05, 3.63) is 0 Å². The van der Waals surface area contributed by atoms with Gasteiger partial charge < -0.3 is 9.84 Å². The molecule has 1 spiro atoms. The highest BCUT2D eigenvalue weighted by atomic mass is 16.5. The maximum atomic E-state index is 11.9. The number of rotatable bonds is 1. The van der Waals surface area contributed by atoms with E-state index in [0.717, 1.165) is 25.7 Å². The van der Waals surface area contributed by atoms with E-state index in [1.165, 1.54) is 25.7 Å². The molecule has 0 aliphatic heterocycles. The zero-order valence-corrected chi connectivity index (χ0v) is 16.7. The Morgan fingerprint density at radius 3 is 2.44 bits per heavy atom. The first kappa shape index (κ1) is 17.8. The molecular weight excluding hydrogens is 312 g/mol. The van der Waals surface area contributed by atoms with Crippen LogP contribution in [0.2, 0.25) is 0 Å². The molecule has 0 radical (unpaired) electrons. The molecule has 3 heteroatoms.